The Bertz CT molecular complexity index is 325. The first-order chi connectivity index (χ1) is 7.56. The van der Waals surface area contributed by atoms with Gasteiger partial charge in [0.25, 0.3) is 0 Å². The Balaban J connectivity index is 2.82. The van der Waals surface area contributed by atoms with Gasteiger partial charge in [-0.2, -0.15) is 0 Å². The monoisotopic (exact) mass is 223 g/mol. The molecule has 3 N–H and O–H groups in total. The van der Waals surface area contributed by atoms with Crippen molar-refractivity contribution in [1.82, 2.24) is 0 Å². The smallest absolute Gasteiger partial charge is 0.0943 e. The van der Waals surface area contributed by atoms with E-state index in [4.69, 9.17) is 10.5 Å². The number of nitrogens with two attached hydrogens (primary N) is 1. The van der Waals surface area contributed by atoms with Crippen molar-refractivity contribution < 1.29 is 9.84 Å². The molecule has 1 aromatic rings. The molecular formula is C13H21NO2. The minimum absolute atomic E-state index is 0.238. The summed E-state index contributed by atoms with van der Waals surface area (Å²) in [6.07, 6.45) is -0.614. The average molecular weight is 223 g/mol. The maximum Gasteiger partial charge on any atom is 0.0943 e. The predicted molar refractivity (Wildman–Crippen MR) is 64.9 cm³/mol. The summed E-state index contributed by atoms with van der Waals surface area (Å²) in [4.78, 5) is 0. The molecule has 0 fully saturated rings. The minimum Gasteiger partial charge on any atom is -0.387 e. The average Bonchev–Trinajstić information content (AvgIpc) is 2.28. The van der Waals surface area contributed by atoms with Gasteiger partial charge in [-0.1, -0.05) is 38.1 Å². The van der Waals surface area contributed by atoms with E-state index < -0.39 is 6.10 Å². The van der Waals surface area contributed by atoms with Crippen molar-refractivity contribution in [3.8, 4) is 0 Å². The lowest BCUT2D eigenvalue weighted by molar-refractivity contribution is 0.125. The highest BCUT2D eigenvalue weighted by molar-refractivity contribution is 5.25. The number of rotatable bonds is 5. The zero-order valence-electron chi connectivity index (χ0n) is 10.2. The molecule has 0 aliphatic rings. The second-order valence-electron chi connectivity index (χ2n) is 4.44. The summed E-state index contributed by atoms with van der Waals surface area (Å²) in [5.41, 5.74) is 7.84. The highest BCUT2D eigenvalue weighted by atomic mass is 16.5. The Morgan fingerprint density at radius 3 is 2.62 bits per heavy atom. The molecule has 1 rings (SSSR count). The van der Waals surface area contributed by atoms with E-state index in [0.717, 1.165) is 11.1 Å². The van der Waals surface area contributed by atoms with Crippen LogP contribution in [0.1, 0.15) is 31.1 Å². The van der Waals surface area contributed by atoms with E-state index >= 15 is 0 Å². The first-order valence-corrected chi connectivity index (χ1v) is 5.57. The normalized spacial score (nSPS) is 15.1. The van der Waals surface area contributed by atoms with Gasteiger partial charge in [0, 0.05) is 13.2 Å². The lowest BCUT2D eigenvalue weighted by atomic mass is 9.93. The topological polar surface area (TPSA) is 55.5 Å². The third-order valence-electron chi connectivity index (χ3n) is 2.74. The molecule has 0 saturated heterocycles. The maximum atomic E-state index is 10.1. The molecule has 3 nitrogen and oxygen atoms in total. The molecule has 0 spiro atoms. The Morgan fingerprint density at radius 2 is 2.06 bits per heavy atom. The summed E-state index contributed by atoms with van der Waals surface area (Å²) in [6.45, 7) is 4.57. The van der Waals surface area contributed by atoms with E-state index in [1.807, 2.05) is 38.1 Å². The zero-order valence-corrected chi connectivity index (χ0v) is 10.2. The van der Waals surface area contributed by atoms with E-state index in [1.165, 1.54) is 0 Å². The summed E-state index contributed by atoms with van der Waals surface area (Å²) in [6, 6.07) is 7.49. The molecule has 0 heterocycles. The molecular weight excluding hydrogens is 202 g/mol. The summed E-state index contributed by atoms with van der Waals surface area (Å²) < 4.78 is 5.06. The molecule has 0 aliphatic carbocycles. The standard InChI is InChI=1S/C13H21NO2/c1-9(2)12(14)13(15)11-6-4-5-10(7-11)8-16-3/h4-7,9,12-13,15H,8,14H2,1-3H3. The molecule has 0 aromatic heterocycles. The summed E-state index contributed by atoms with van der Waals surface area (Å²) in [5.74, 6) is 0.251. The molecule has 2 unspecified atom stereocenters. The van der Waals surface area contributed by atoms with Crippen LogP contribution in [0, 0.1) is 5.92 Å². The Kier molecular flexibility index (Phi) is 4.93. The van der Waals surface area contributed by atoms with E-state index in [0.29, 0.717) is 6.61 Å². The first-order valence-electron chi connectivity index (χ1n) is 5.57. The number of ether oxygens (including phenoxy) is 1. The van der Waals surface area contributed by atoms with Gasteiger partial charge in [-0.15, -0.1) is 0 Å². The van der Waals surface area contributed by atoms with Crippen LogP contribution < -0.4 is 5.73 Å². The SMILES string of the molecule is COCc1cccc(C(O)C(N)C(C)C)c1. The molecule has 16 heavy (non-hydrogen) atoms. The van der Waals surface area contributed by atoms with E-state index in [-0.39, 0.29) is 12.0 Å². The Morgan fingerprint density at radius 1 is 1.38 bits per heavy atom. The van der Waals surface area contributed by atoms with Gasteiger partial charge in [0.1, 0.15) is 0 Å². The lowest BCUT2D eigenvalue weighted by Crippen LogP contribution is -2.33. The number of benzene rings is 1. The fourth-order valence-electron chi connectivity index (χ4n) is 1.62. The molecule has 90 valence electrons. The van der Waals surface area contributed by atoms with Crippen molar-refractivity contribution in [1.29, 1.82) is 0 Å². The lowest BCUT2D eigenvalue weighted by Gasteiger charge is -2.22. The second-order valence-corrected chi connectivity index (χ2v) is 4.44. The molecule has 1 aromatic carbocycles. The Labute approximate surface area is 97.2 Å². The van der Waals surface area contributed by atoms with Crippen LogP contribution in [-0.4, -0.2) is 18.3 Å². The van der Waals surface area contributed by atoms with Crippen LogP contribution in [0.25, 0.3) is 0 Å². The second kappa shape index (κ2) is 5.99. The summed E-state index contributed by atoms with van der Waals surface area (Å²) in [7, 11) is 1.66. The van der Waals surface area contributed by atoms with E-state index in [1.54, 1.807) is 7.11 Å². The number of hydrogen-bond acceptors (Lipinski definition) is 3. The maximum absolute atomic E-state index is 10.1. The van der Waals surface area contributed by atoms with Crippen LogP contribution in [0.3, 0.4) is 0 Å². The Hall–Kier alpha value is -0.900. The summed E-state index contributed by atoms with van der Waals surface area (Å²) in [5, 5.41) is 10.1. The van der Waals surface area contributed by atoms with Gasteiger partial charge in [0.15, 0.2) is 0 Å². The summed E-state index contributed by atoms with van der Waals surface area (Å²) >= 11 is 0. The van der Waals surface area contributed by atoms with Crippen LogP contribution in [0.15, 0.2) is 24.3 Å². The third-order valence-corrected chi connectivity index (χ3v) is 2.74. The van der Waals surface area contributed by atoms with Crippen LogP contribution >= 0.6 is 0 Å². The molecule has 3 heteroatoms. The van der Waals surface area contributed by atoms with Crippen molar-refractivity contribution in [2.45, 2.75) is 32.6 Å². The first kappa shape index (κ1) is 13.2. The predicted octanol–water partition coefficient (Wildman–Crippen LogP) is 1.85. The quantitative estimate of drug-likeness (QED) is 0.801. The highest BCUT2D eigenvalue weighted by Crippen LogP contribution is 2.21. The van der Waals surface area contributed by atoms with Gasteiger partial charge in [-0.3, -0.25) is 0 Å². The van der Waals surface area contributed by atoms with E-state index in [2.05, 4.69) is 0 Å². The zero-order chi connectivity index (χ0) is 12.1. The molecule has 0 saturated carbocycles. The fourth-order valence-corrected chi connectivity index (χ4v) is 1.62. The largest absolute Gasteiger partial charge is 0.387 e. The van der Waals surface area contributed by atoms with Crippen molar-refractivity contribution in [3.05, 3.63) is 35.4 Å². The van der Waals surface area contributed by atoms with Gasteiger partial charge < -0.3 is 15.6 Å². The van der Waals surface area contributed by atoms with Gasteiger partial charge in [0.2, 0.25) is 0 Å². The van der Waals surface area contributed by atoms with Crippen LogP contribution in [0.4, 0.5) is 0 Å². The number of aliphatic hydroxyl groups is 1. The molecule has 0 amide bonds. The van der Waals surface area contributed by atoms with Crippen LogP contribution in [0.2, 0.25) is 0 Å². The van der Waals surface area contributed by atoms with Gasteiger partial charge in [0.05, 0.1) is 12.7 Å². The number of aliphatic hydroxyl groups excluding tert-OH is 1. The van der Waals surface area contributed by atoms with Gasteiger partial charge in [-0.25, -0.2) is 0 Å². The van der Waals surface area contributed by atoms with Crippen molar-refractivity contribution in [2.75, 3.05) is 7.11 Å². The van der Waals surface area contributed by atoms with E-state index in [9.17, 15) is 5.11 Å². The van der Waals surface area contributed by atoms with Gasteiger partial charge in [-0.05, 0) is 17.0 Å². The van der Waals surface area contributed by atoms with Crippen LogP contribution in [-0.2, 0) is 11.3 Å². The molecule has 0 aliphatic heterocycles. The molecule has 0 radical (unpaired) electrons. The minimum atomic E-state index is -0.614. The van der Waals surface area contributed by atoms with Crippen molar-refractivity contribution in [3.63, 3.8) is 0 Å². The van der Waals surface area contributed by atoms with Crippen molar-refractivity contribution in [2.24, 2.45) is 11.7 Å². The van der Waals surface area contributed by atoms with Crippen LogP contribution in [0.5, 0.6) is 0 Å². The fraction of sp³-hybridized carbons (Fsp3) is 0.538. The number of methoxy groups -OCH3 is 1. The van der Waals surface area contributed by atoms with Crippen molar-refractivity contribution >= 4 is 0 Å². The molecule has 0 bridgehead atoms. The number of hydrogen-bond donors (Lipinski definition) is 2. The molecule has 2 atom stereocenters. The highest BCUT2D eigenvalue weighted by Gasteiger charge is 2.19. The van der Waals surface area contributed by atoms with Gasteiger partial charge >= 0.3 is 0 Å². The third kappa shape index (κ3) is 3.30.